The molecule has 0 aromatic heterocycles. The van der Waals surface area contributed by atoms with E-state index in [9.17, 15) is 4.79 Å². The molecule has 1 heterocycles. The Morgan fingerprint density at radius 1 is 1.05 bits per heavy atom. The first kappa shape index (κ1) is 15.9. The van der Waals surface area contributed by atoms with Gasteiger partial charge in [-0.3, -0.25) is 9.69 Å². The van der Waals surface area contributed by atoms with Crippen molar-refractivity contribution in [1.29, 1.82) is 0 Å². The minimum Gasteiger partial charge on any atom is -0.340 e. The highest BCUT2D eigenvalue weighted by Crippen LogP contribution is 2.24. The fourth-order valence-electron chi connectivity index (χ4n) is 3.54. The van der Waals surface area contributed by atoms with E-state index in [1.165, 1.54) is 30.6 Å². The highest BCUT2D eigenvalue weighted by atomic mass is 32.2. The number of benzene rings is 1. The van der Waals surface area contributed by atoms with Crippen LogP contribution >= 0.6 is 11.8 Å². The van der Waals surface area contributed by atoms with E-state index in [0.717, 1.165) is 38.0 Å². The van der Waals surface area contributed by atoms with E-state index < -0.39 is 0 Å². The van der Waals surface area contributed by atoms with Gasteiger partial charge in [-0.15, -0.1) is 11.8 Å². The van der Waals surface area contributed by atoms with Crippen molar-refractivity contribution in [2.24, 2.45) is 0 Å². The smallest absolute Gasteiger partial charge is 0.223 e. The normalized spacial score (nSPS) is 20.5. The summed E-state index contributed by atoms with van der Waals surface area (Å²) in [5, 5.41) is 0. The minimum absolute atomic E-state index is 0.328. The van der Waals surface area contributed by atoms with Gasteiger partial charge >= 0.3 is 0 Å². The second kappa shape index (κ2) is 8.02. The Balaban J connectivity index is 1.36. The molecule has 0 atom stereocenters. The lowest BCUT2D eigenvalue weighted by atomic mass is 10.2. The fraction of sp³-hybridized carbons (Fsp3) is 0.611. The van der Waals surface area contributed by atoms with Crippen molar-refractivity contribution < 1.29 is 4.79 Å². The molecule has 0 spiro atoms. The van der Waals surface area contributed by atoms with Crippen molar-refractivity contribution in [3.05, 3.63) is 30.3 Å². The average molecular weight is 318 g/mol. The summed E-state index contributed by atoms with van der Waals surface area (Å²) in [4.78, 5) is 18.2. The summed E-state index contributed by atoms with van der Waals surface area (Å²) in [6.45, 7) is 3.99. The second-order valence-corrected chi connectivity index (χ2v) is 7.43. The van der Waals surface area contributed by atoms with E-state index in [1.807, 2.05) is 18.2 Å². The van der Waals surface area contributed by atoms with E-state index in [2.05, 4.69) is 21.9 Å². The van der Waals surface area contributed by atoms with Gasteiger partial charge in [0.15, 0.2) is 0 Å². The van der Waals surface area contributed by atoms with Crippen LogP contribution in [0, 0.1) is 0 Å². The molecule has 0 radical (unpaired) electrons. The molecule has 22 heavy (non-hydrogen) atoms. The highest BCUT2D eigenvalue weighted by molar-refractivity contribution is 7.99. The van der Waals surface area contributed by atoms with Crippen molar-refractivity contribution in [2.75, 3.05) is 31.9 Å². The molecule has 1 saturated carbocycles. The van der Waals surface area contributed by atoms with Crippen LogP contribution in [0.1, 0.15) is 32.1 Å². The molecule has 1 aromatic carbocycles. The Hall–Kier alpha value is -1.00. The predicted molar refractivity (Wildman–Crippen MR) is 92.2 cm³/mol. The van der Waals surface area contributed by atoms with E-state index in [-0.39, 0.29) is 0 Å². The Morgan fingerprint density at radius 3 is 2.41 bits per heavy atom. The van der Waals surface area contributed by atoms with Gasteiger partial charge in [0.1, 0.15) is 0 Å². The number of rotatable bonds is 5. The average Bonchev–Trinajstić information content (AvgIpc) is 3.10. The predicted octanol–water partition coefficient (Wildman–Crippen LogP) is 3.26. The Labute approximate surface area is 138 Å². The maximum Gasteiger partial charge on any atom is 0.223 e. The molecule has 4 heteroatoms. The summed E-state index contributed by atoms with van der Waals surface area (Å²) in [7, 11) is 0. The first-order valence-corrected chi connectivity index (χ1v) is 9.51. The van der Waals surface area contributed by atoms with Gasteiger partial charge in [0.05, 0.1) is 0 Å². The summed E-state index contributed by atoms with van der Waals surface area (Å²) in [5.74, 6) is 1.21. The molecular weight excluding hydrogens is 292 g/mol. The Morgan fingerprint density at radius 2 is 1.73 bits per heavy atom. The molecule has 1 aromatic rings. The van der Waals surface area contributed by atoms with Gasteiger partial charge in [-0.05, 0) is 25.0 Å². The van der Waals surface area contributed by atoms with Gasteiger partial charge in [-0.1, -0.05) is 31.0 Å². The van der Waals surface area contributed by atoms with E-state index in [1.54, 1.807) is 11.8 Å². The zero-order chi connectivity index (χ0) is 15.2. The van der Waals surface area contributed by atoms with Crippen LogP contribution in [0.15, 0.2) is 35.2 Å². The van der Waals surface area contributed by atoms with Crippen LogP contribution in [0.5, 0.6) is 0 Å². The monoisotopic (exact) mass is 318 g/mol. The number of piperazine rings is 1. The van der Waals surface area contributed by atoms with Crippen LogP contribution in [-0.4, -0.2) is 53.7 Å². The van der Waals surface area contributed by atoms with Crippen LogP contribution < -0.4 is 0 Å². The Bertz CT molecular complexity index is 465. The molecule has 0 bridgehead atoms. The standard InChI is InChI=1S/C18H26N2OS/c21-18(10-15-22-17-8-2-1-3-9-17)20-13-11-19(12-14-20)16-6-4-5-7-16/h1-3,8-9,16H,4-7,10-15H2. The maximum atomic E-state index is 12.3. The van der Waals surface area contributed by atoms with Crippen LogP contribution in [0.3, 0.4) is 0 Å². The summed E-state index contributed by atoms with van der Waals surface area (Å²) < 4.78 is 0. The molecule has 1 saturated heterocycles. The molecule has 0 N–H and O–H groups in total. The van der Waals surface area contributed by atoms with Crippen LogP contribution in [-0.2, 0) is 4.79 Å². The SMILES string of the molecule is O=C(CCSc1ccccc1)N1CCN(C2CCCC2)CC1. The molecule has 0 unspecified atom stereocenters. The topological polar surface area (TPSA) is 23.6 Å². The van der Waals surface area contributed by atoms with Gasteiger partial charge < -0.3 is 4.90 Å². The van der Waals surface area contributed by atoms with Crippen molar-refractivity contribution in [3.63, 3.8) is 0 Å². The van der Waals surface area contributed by atoms with Crippen LogP contribution in [0.2, 0.25) is 0 Å². The third-order valence-corrected chi connectivity index (χ3v) is 5.85. The van der Waals surface area contributed by atoms with E-state index in [0.29, 0.717) is 12.3 Å². The number of amides is 1. The molecule has 1 aliphatic carbocycles. The van der Waals surface area contributed by atoms with Gasteiger partial charge in [0.2, 0.25) is 5.91 Å². The van der Waals surface area contributed by atoms with Crippen molar-refractivity contribution in [3.8, 4) is 0 Å². The number of thioether (sulfide) groups is 1. The summed E-state index contributed by atoms with van der Waals surface area (Å²) >= 11 is 1.78. The van der Waals surface area contributed by atoms with Gasteiger partial charge in [-0.25, -0.2) is 0 Å². The number of carbonyl (C=O) groups excluding carboxylic acids is 1. The van der Waals surface area contributed by atoms with E-state index >= 15 is 0 Å². The quantitative estimate of drug-likeness (QED) is 0.779. The molecule has 3 nitrogen and oxygen atoms in total. The summed E-state index contributed by atoms with van der Waals surface area (Å²) in [6.07, 6.45) is 6.16. The van der Waals surface area contributed by atoms with Crippen molar-refractivity contribution in [1.82, 2.24) is 9.80 Å². The lowest BCUT2D eigenvalue weighted by Crippen LogP contribution is -2.51. The van der Waals surface area contributed by atoms with Crippen LogP contribution in [0.25, 0.3) is 0 Å². The largest absolute Gasteiger partial charge is 0.340 e. The lowest BCUT2D eigenvalue weighted by molar-refractivity contribution is -0.132. The minimum atomic E-state index is 0.328. The molecular formula is C18H26N2OS. The maximum absolute atomic E-state index is 12.3. The third-order valence-electron chi connectivity index (χ3n) is 4.84. The Kier molecular flexibility index (Phi) is 5.79. The summed E-state index contributed by atoms with van der Waals surface area (Å²) in [6, 6.07) is 11.1. The molecule has 3 rings (SSSR count). The fourth-order valence-corrected chi connectivity index (χ4v) is 4.40. The number of carbonyl (C=O) groups is 1. The first-order chi connectivity index (χ1) is 10.8. The number of nitrogens with zero attached hydrogens (tertiary/aromatic N) is 2. The lowest BCUT2D eigenvalue weighted by Gasteiger charge is -2.38. The molecule has 2 fully saturated rings. The van der Waals surface area contributed by atoms with Crippen LogP contribution in [0.4, 0.5) is 0 Å². The third kappa shape index (κ3) is 4.26. The zero-order valence-electron chi connectivity index (χ0n) is 13.2. The first-order valence-electron chi connectivity index (χ1n) is 8.52. The van der Waals surface area contributed by atoms with E-state index in [4.69, 9.17) is 0 Å². The van der Waals surface area contributed by atoms with Crippen molar-refractivity contribution in [2.45, 2.75) is 43.0 Å². The van der Waals surface area contributed by atoms with Gasteiger partial charge in [-0.2, -0.15) is 0 Å². The molecule has 1 amide bonds. The number of hydrogen-bond acceptors (Lipinski definition) is 3. The van der Waals surface area contributed by atoms with Gasteiger partial charge in [0, 0.05) is 49.3 Å². The molecule has 120 valence electrons. The van der Waals surface area contributed by atoms with Gasteiger partial charge in [0.25, 0.3) is 0 Å². The second-order valence-electron chi connectivity index (χ2n) is 6.27. The zero-order valence-corrected chi connectivity index (χ0v) is 14.1. The summed E-state index contributed by atoms with van der Waals surface area (Å²) in [5.41, 5.74) is 0. The van der Waals surface area contributed by atoms with Crippen molar-refractivity contribution >= 4 is 17.7 Å². The number of hydrogen-bond donors (Lipinski definition) is 0. The molecule has 2 aliphatic rings. The highest BCUT2D eigenvalue weighted by Gasteiger charge is 2.27. The molecule has 1 aliphatic heterocycles.